The molecule has 0 fully saturated rings. The van der Waals surface area contributed by atoms with Crippen molar-refractivity contribution in [2.24, 2.45) is 0 Å². The average molecular weight is 221 g/mol. The molecule has 2 rings (SSSR count). The maximum atomic E-state index is 5.39. The van der Waals surface area contributed by atoms with Crippen molar-refractivity contribution in [3.63, 3.8) is 0 Å². The first-order chi connectivity index (χ1) is 7.66. The van der Waals surface area contributed by atoms with E-state index in [0.29, 0.717) is 0 Å². The normalized spacial score (nSPS) is 8.94. The molecule has 0 N–H and O–H groups in total. The molecule has 1 heterocycles. The largest absolute Gasteiger partial charge is 0.441 e. The van der Waals surface area contributed by atoms with Crippen LogP contribution in [0.1, 0.15) is 44.7 Å². The fraction of sp³-hybridized carbons (Fsp3) is 0.500. The zero-order chi connectivity index (χ0) is 12.7. The quantitative estimate of drug-likeness (QED) is 0.638. The Labute approximate surface area is 98.7 Å². The molecule has 1 aromatic carbocycles. The number of aryl methyl sites for hydroxylation is 3. The molecule has 0 aliphatic rings. The second kappa shape index (κ2) is 7.04. The molecule has 0 saturated heterocycles. The van der Waals surface area contributed by atoms with E-state index in [-0.39, 0.29) is 0 Å². The highest BCUT2D eigenvalue weighted by molar-refractivity contribution is 5.74. The van der Waals surface area contributed by atoms with E-state index in [4.69, 9.17) is 4.42 Å². The molecule has 0 saturated carbocycles. The molecule has 0 radical (unpaired) electrons. The summed E-state index contributed by atoms with van der Waals surface area (Å²) >= 11 is 0. The third-order valence-corrected chi connectivity index (χ3v) is 2.11. The van der Waals surface area contributed by atoms with Crippen molar-refractivity contribution >= 4 is 11.1 Å². The fourth-order valence-electron chi connectivity index (χ4n) is 1.30. The third kappa shape index (κ3) is 3.37. The summed E-state index contributed by atoms with van der Waals surface area (Å²) in [5.74, 6) is 0.731. The molecule has 0 atom stereocenters. The summed E-state index contributed by atoms with van der Waals surface area (Å²) in [5.41, 5.74) is 4.35. The minimum absolute atomic E-state index is 0.731. The second-order valence-electron chi connectivity index (χ2n) is 3.14. The second-order valence-corrected chi connectivity index (χ2v) is 3.14. The molecule has 0 spiro atoms. The molecule has 2 aromatic rings. The van der Waals surface area contributed by atoms with E-state index in [2.05, 4.69) is 24.9 Å². The van der Waals surface area contributed by atoms with Gasteiger partial charge in [0.05, 0.1) is 0 Å². The highest BCUT2D eigenvalue weighted by atomic mass is 16.3. The zero-order valence-electron chi connectivity index (χ0n) is 11.5. The summed E-state index contributed by atoms with van der Waals surface area (Å²) in [4.78, 5) is 4.25. The first kappa shape index (κ1) is 14.7. The van der Waals surface area contributed by atoms with Gasteiger partial charge in [0.1, 0.15) is 5.52 Å². The Bertz CT molecular complexity index is 390. The highest BCUT2D eigenvalue weighted by Gasteiger charge is 2.03. The molecule has 0 aliphatic heterocycles. The summed E-state index contributed by atoms with van der Waals surface area (Å²) in [6.07, 6.45) is 0. The van der Waals surface area contributed by atoms with Gasteiger partial charge in [-0.1, -0.05) is 27.7 Å². The van der Waals surface area contributed by atoms with Crippen molar-refractivity contribution in [2.75, 3.05) is 0 Å². The first-order valence-electron chi connectivity index (χ1n) is 6.01. The molecular formula is C14H23NO. The van der Waals surface area contributed by atoms with Crippen LogP contribution in [0.2, 0.25) is 0 Å². The number of benzene rings is 1. The molecule has 0 unspecified atom stereocenters. The van der Waals surface area contributed by atoms with Gasteiger partial charge < -0.3 is 4.42 Å². The average Bonchev–Trinajstić information content (AvgIpc) is 2.64. The predicted octanol–water partition coefficient (Wildman–Crippen LogP) is 4.81. The fourth-order valence-corrected chi connectivity index (χ4v) is 1.30. The van der Waals surface area contributed by atoms with Crippen LogP contribution in [0, 0.1) is 20.8 Å². The van der Waals surface area contributed by atoms with Gasteiger partial charge in [-0.2, -0.15) is 0 Å². The van der Waals surface area contributed by atoms with E-state index in [0.717, 1.165) is 17.0 Å². The monoisotopic (exact) mass is 221 g/mol. The molecule has 0 amide bonds. The summed E-state index contributed by atoms with van der Waals surface area (Å²) in [6, 6.07) is 4.09. The van der Waals surface area contributed by atoms with Gasteiger partial charge >= 0.3 is 0 Å². The Balaban J connectivity index is 0.000000509. The number of hydrogen-bond acceptors (Lipinski definition) is 2. The standard InChI is InChI=1S/C10H11NO.2C2H6/c1-6-4-9-10(5-7(6)2)12-8(3)11-9;2*1-2/h4-5H,1-3H3;2*1-2H3. The summed E-state index contributed by atoms with van der Waals surface area (Å²) < 4.78 is 5.39. The van der Waals surface area contributed by atoms with Crippen LogP contribution >= 0.6 is 0 Å². The van der Waals surface area contributed by atoms with Gasteiger partial charge in [0.25, 0.3) is 0 Å². The number of fused-ring (bicyclic) bond motifs is 1. The maximum Gasteiger partial charge on any atom is 0.192 e. The van der Waals surface area contributed by atoms with Crippen LogP contribution in [0.25, 0.3) is 11.1 Å². The van der Waals surface area contributed by atoms with Gasteiger partial charge in [-0.05, 0) is 37.1 Å². The Kier molecular flexibility index (Phi) is 6.47. The van der Waals surface area contributed by atoms with Crippen LogP contribution in [0.5, 0.6) is 0 Å². The molecule has 0 aliphatic carbocycles. The minimum atomic E-state index is 0.731. The van der Waals surface area contributed by atoms with Crippen LogP contribution in [0.15, 0.2) is 16.5 Å². The zero-order valence-corrected chi connectivity index (χ0v) is 11.5. The van der Waals surface area contributed by atoms with E-state index < -0.39 is 0 Å². The smallest absolute Gasteiger partial charge is 0.192 e. The summed E-state index contributed by atoms with van der Waals surface area (Å²) in [5, 5.41) is 0. The van der Waals surface area contributed by atoms with Crippen molar-refractivity contribution in [1.82, 2.24) is 4.98 Å². The number of oxazole rings is 1. The van der Waals surface area contributed by atoms with Gasteiger partial charge in [0, 0.05) is 6.92 Å². The highest BCUT2D eigenvalue weighted by Crippen LogP contribution is 2.19. The lowest BCUT2D eigenvalue weighted by Gasteiger charge is -1.96. The van der Waals surface area contributed by atoms with Crippen molar-refractivity contribution in [3.05, 3.63) is 29.2 Å². The SMILES string of the molecule is CC.CC.Cc1nc2cc(C)c(C)cc2o1. The molecule has 90 valence electrons. The minimum Gasteiger partial charge on any atom is -0.441 e. The first-order valence-corrected chi connectivity index (χ1v) is 6.01. The van der Waals surface area contributed by atoms with Crippen molar-refractivity contribution < 1.29 is 4.42 Å². The number of hydrogen-bond donors (Lipinski definition) is 0. The number of aromatic nitrogens is 1. The Morgan fingerprint density at radius 2 is 1.38 bits per heavy atom. The van der Waals surface area contributed by atoms with Gasteiger partial charge in [0.2, 0.25) is 0 Å². The van der Waals surface area contributed by atoms with Crippen molar-refractivity contribution in [3.8, 4) is 0 Å². The lowest BCUT2D eigenvalue weighted by atomic mass is 10.1. The van der Waals surface area contributed by atoms with Crippen LogP contribution < -0.4 is 0 Å². The van der Waals surface area contributed by atoms with Crippen LogP contribution in [-0.2, 0) is 0 Å². The molecule has 16 heavy (non-hydrogen) atoms. The van der Waals surface area contributed by atoms with E-state index in [1.165, 1.54) is 11.1 Å². The van der Waals surface area contributed by atoms with Crippen LogP contribution in [0.3, 0.4) is 0 Å². The molecule has 2 heteroatoms. The van der Waals surface area contributed by atoms with Gasteiger partial charge in [-0.3, -0.25) is 0 Å². The lowest BCUT2D eigenvalue weighted by molar-refractivity contribution is 0.561. The third-order valence-electron chi connectivity index (χ3n) is 2.11. The number of nitrogens with zero attached hydrogens (tertiary/aromatic N) is 1. The van der Waals surface area contributed by atoms with E-state index >= 15 is 0 Å². The molecule has 1 aromatic heterocycles. The summed E-state index contributed by atoms with van der Waals surface area (Å²) in [6.45, 7) is 14.0. The topological polar surface area (TPSA) is 26.0 Å². The number of rotatable bonds is 0. The Morgan fingerprint density at radius 1 is 0.875 bits per heavy atom. The molecule has 2 nitrogen and oxygen atoms in total. The van der Waals surface area contributed by atoms with Crippen molar-refractivity contribution in [1.29, 1.82) is 0 Å². The van der Waals surface area contributed by atoms with E-state index in [9.17, 15) is 0 Å². The maximum absolute atomic E-state index is 5.39. The van der Waals surface area contributed by atoms with Crippen LogP contribution in [-0.4, -0.2) is 4.98 Å². The van der Waals surface area contributed by atoms with Gasteiger partial charge in [-0.25, -0.2) is 4.98 Å². The van der Waals surface area contributed by atoms with E-state index in [1.54, 1.807) is 0 Å². The van der Waals surface area contributed by atoms with E-state index in [1.807, 2.05) is 40.7 Å². The lowest BCUT2D eigenvalue weighted by Crippen LogP contribution is -1.79. The Morgan fingerprint density at radius 3 is 1.94 bits per heavy atom. The van der Waals surface area contributed by atoms with Gasteiger partial charge in [-0.15, -0.1) is 0 Å². The van der Waals surface area contributed by atoms with Crippen LogP contribution in [0.4, 0.5) is 0 Å². The van der Waals surface area contributed by atoms with Gasteiger partial charge in [0.15, 0.2) is 11.5 Å². The molecular weight excluding hydrogens is 198 g/mol. The Hall–Kier alpha value is -1.31. The summed E-state index contributed by atoms with van der Waals surface area (Å²) in [7, 11) is 0. The molecule has 0 bridgehead atoms. The van der Waals surface area contributed by atoms with Crippen molar-refractivity contribution in [2.45, 2.75) is 48.5 Å². The predicted molar refractivity (Wildman–Crippen MR) is 70.9 cm³/mol.